The monoisotopic (exact) mass is 320 g/mol. The number of likely N-dealkylation sites (N-methyl/N-ethyl adjacent to an activating group) is 1. The van der Waals surface area contributed by atoms with Gasteiger partial charge in [0.05, 0.1) is 0 Å². The maximum Gasteiger partial charge on any atom is 0.328 e. The molecule has 0 fully saturated rings. The number of nitrogens with one attached hydrogen (secondary N) is 1. The summed E-state index contributed by atoms with van der Waals surface area (Å²) in [6.45, 7) is 11.7. The average Bonchev–Trinajstić information content (AvgIpc) is 2.46. The first kappa shape index (κ1) is 19.5. The number of esters is 1. The average molecular weight is 320 g/mol. The fraction of sp³-hybridized carbons (Fsp3) is 0.632. The number of carbonyl (C=O) groups is 1. The molecule has 23 heavy (non-hydrogen) atoms. The molecule has 1 atom stereocenters. The van der Waals surface area contributed by atoms with Crippen molar-refractivity contribution in [3.05, 3.63) is 29.3 Å². The van der Waals surface area contributed by atoms with Gasteiger partial charge in [0.2, 0.25) is 0 Å². The van der Waals surface area contributed by atoms with E-state index >= 15 is 0 Å². The maximum atomic E-state index is 12.2. The van der Waals surface area contributed by atoms with Crippen LogP contribution in [0.5, 0.6) is 0 Å². The van der Waals surface area contributed by atoms with Crippen molar-refractivity contribution in [3.63, 3.8) is 0 Å². The van der Waals surface area contributed by atoms with Gasteiger partial charge < -0.3 is 15.0 Å². The van der Waals surface area contributed by atoms with Crippen LogP contribution in [0.3, 0.4) is 0 Å². The molecule has 4 heteroatoms. The maximum absolute atomic E-state index is 12.2. The molecule has 0 aliphatic carbocycles. The fourth-order valence-electron chi connectivity index (χ4n) is 2.45. The highest BCUT2D eigenvalue weighted by Crippen LogP contribution is 2.32. The predicted molar refractivity (Wildman–Crippen MR) is 97.2 cm³/mol. The first-order valence-corrected chi connectivity index (χ1v) is 8.44. The van der Waals surface area contributed by atoms with E-state index < -0.39 is 0 Å². The van der Waals surface area contributed by atoms with Crippen molar-refractivity contribution in [1.29, 1.82) is 0 Å². The van der Waals surface area contributed by atoms with Gasteiger partial charge in [0, 0.05) is 12.2 Å². The molecular weight excluding hydrogens is 288 g/mol. The third-order valence-electron chi connectivity index (χ3n) is 3.87. The molecule has 130 valence electrons. The fourth-order valence-corrected chi connectivity index (χ4v) is 2.45. The lowest BCUT2D eigenvalue weighted by Crippen LogP contribution is -2.31. The van der Waals surface area contributed by atoms with Crippen LogP contribution in [0, 0.1) is 0 Å². The molecule has 1 rings (SSSR count). The number of benzene rings is 1. The molecule has 0 saturated carbocycles. The standard InChI is InChI=1S/C19H32N2O2/c1-13(2)16-9-8-10-17(14(3)4)18(16)20-15(5)19(22)23-12-11-21(6)7/h8-10,13-15,20H,11-12H2,1-7H3/t15-/m0/s1. The molecule has 0 radical (unpaired) electrons. The molecule has 0 spiro atoms. The minimum atomic E-state index is -0.366. The molecule has 0 amide bonds. The summed E-state index contributed by atoms with van der Waals surface area (Å²) in [6.07, 6.45) is 0. The van der Waals surface area contributed by atoms with E-state index in [2.05, 4.69) is 51.2 Å². The highest BCUT2D eigenvalue weighted by molar-refractivity contribution is 5.80. The van der Waals surface area contributed by atoms with Gasteiger partial charge in [-0.25, -0.2) is 4.79 Å². The zero-order valence-corrected chi connectivity index (χ0v) is 15.6. The van der Waals surface area contributed by atoms with E-state index in [0.717, 1.165) is 12.2 Å². The number of carbonyl (C=O) groups excluding carboxylic acids is 1. The normalized spacial score (nSPS) is 12.8. The lowest BCUT2D eigenvalue weighted by molar-refractivity contribution is -0.144. The zero-order valence-electron chi connectivity index (χ0n) is 15.6. The molecule has 0 aliphatic heterocycles. The molecule has 4 nitrogen and oxygen atoms in total. The van der Waals surface area contributed by atoms with Crippen molar-refractivity contribution < 1.29 is 9.53 Å². The lowest BCUT2D eigenvalue weighted by Gasteiger charge is -2.23. The van der Waals surface area contributed by atoms with Crippen molar-refractivity contribution in [1.82, 2.24) is 4.90 Å². The Morgan fingerprint density at radius 2 is 1.61 bits per heavy atom. The summed E-state index contributed by atoms with van der Waals surface area (Å²) in [4.78, 5) is 14.2. The van der Waals surface area contributed by atoms with Crippen LogP contribution in [0.2, 0.25) is 0 Å². The van der Waals surface area contributed by atoms with Crippen LogP contribution >= 0.6 is 0 Å². The number of nitrogens with zero attached hydrogens (tertiary/aromatic N) is 1. The molecule has 1 N–H and O–H groups in total. The smallest absolute Gasteiger partial charge is 0.328 e. The Labute approximate surface area is 141 Å². The minimum Gasteiger partial charge on any atom is -0.463 e. The van der Waals surface area contributed by atoms with Crippen LogP contribution in [0.1, 0.15) is 57.6 Å². The first-order valence-electron chi connectivity index (χ1n) is 8.44. The van der Waals surface area contributed by atoms with Crippen LogP contribution in [-0.4, -0.2) is 44.2 Å². The van der Waals surface area contributed by atoms with Gasteiger partial charge >= 0.3 is 5.97 Å². The SMILES string of the molecule is CC(C)c1cccc(C(C)C)c1N[C@@H](C)C(=O)OCCN(C)C. The summed E-state index contributed by atoms with van der Waals surface area (Å²) in [5.41, 5.74) is 3.56. The van der Waals surface area contributed by atoms with E-state index in [-0.39, 0.29) is 12.0 Å². The lowest BCUT2D eigenvalue weighted by atomic mass is 9.92. The van der Waals surface area contributed by atoms with E-state index in [1.54, 1.807) is 0 Å². The number of rotatable bonds is 8. The molecule has 1 aromatic carbocycles. The van der Waals surface area contributed by atoms with Gasteiger partial charge in [-0.15, -0.1) is 0 Å². The largest absolute Gasteiger partial charge is 0.463 e. The van der Waals surface area contributed by atoms with Crippen molar-refractivity contribution in [3.8, 4) is 0 Å². The van der Waals surface area contributed by atoms with Crippen molar-refractivity contribution in [2.75, 3.05) is 32.6 Å². The van der Waals surface area contributed by atoms with Gasteiger partial charge in [-0.05, 0) is 44.0 Å². The van der Waals surface area contributed by atoms with E-state index in [4.69, 9.17) is 4.74 Å². The van der Waals surface area contributed by atoms with Gasteiger partial charge in [-0.1, -0.05) is 45.9 Å². The summed E-state index contributed by atoms with van der Waals surface area (Å²) >= 11 is 0. The minimum absolute atomic E-state index is 0.208. The van der Waals surface area contributed by atoms with Crippen LogP contribution in [0.25, 0.3) is 0 Å². The zero-order chi connectivity index (χ0) is 17.6. The Bertz CT molecular complexity index is 484. The van der Waals surface area contributed by atoms with Crippen molar-refractivity contribution in [2.45, 2.75) is 52.5 Å². The van der Waals surface area contributed by atoms with Gasteiger partial charge in [-0.3, -0.25) is 0 Å². The summed E-state index contributed by atoms with van der Waals surface area (Å²) in [7, 11) is 3.92. The second-order valence-corrected chi connectivity index (χ2v) is 6.96. The number of hydrogen-bond donors (Lipinski definition) is 1. The van der Waals surface area contributed by atoms with Gasteiger partial charge in [0.25, 0.3) is 0 Å². The topological polar surface area (TPSA) is 41.6 Å². The van der Waals surface area contributed by atoms with Crippen LogP contribution in [-0.2, 0) is 9.53 Å². The van der Waals surface area contributed by atoms with Gasteiger partial charge in [0.1, 0.15) is 12.6 Å². The molecule has 0 unspecified atom stereocenters. The second-order valence-electron chi connectivity index (χ2n) is 6.96. The quantitative estimate of drug-likeness (QED) is 0.739. The van der Waals surface area contributed by atoms with E-state index in [0.29, 0.717) is 18.4 Å². The predicted octanol–water partition coefficient (Wildman–Crippen LogP) is 3.84. The number of ether oxygens (including phenoxy) is 1. The third kappa shape index (κ3) is 5.87. The van der Waals surface area contributed by atoms with Crippen LogP contribution in [0.4, 0.5) is 5.69 Å². The highest BCUT2D eigenvalue weighted by Gasteiger charge is 2.20. The molecular formula is C19H32N2O2. The van der Waals surface area contributed by atoms with Crippen molar-refractivity contribution >= 4 is 11.7 Å². The van der Waals surface area contributed by atoms with Crippen LogP contribution < -0.4 is 5.32 Å². The Morgan fingerprint density at radius 3 is 2.04 bits per heavy atom. The molecule has 0 saturated heterocycles. The number of hydrogen-bond acceptors (Lipinski definition) is 4. The molecule has 0 bridgehead atoms. The number of para-hydroxylation sites is 1. The van der Waals surface area contributed by atoms with E-state index in [1.165, 1.54) is 11.1 Å². The second kappa shape index (κ2) is 8.92. The molecule has 0 heterocycles. The highest BCUT2D eigenvalue weighted by atomic mass is 16.5. The van der Waals surface area contributed by atoms with Crippen LogP contribution in [0.15, 0.2) is 18.2 Å². The Balaban J connectivity index is 2.87. The summed E-state index contributed by atoms with van der Waals surface area (Å²) in [6, 6.07) is 5.98. The van der Waals surface area contributed by atoms with E-state index in [9.17, 15) is 4.79 Å². The summed E-state index contributed by atoms with van der Waals surface area (Å²) in [5, 5.41) is 3.39. The third-order valence-corrected chi connectivity index (χ3v) is 3.87. The van der Waals surface area contributed by atoms with Gasteiger partial charge in [-0.2, -0.15) is 0 Å². The number of anilines is 1. The first-order chi connectivity index (χ1) is 10.7. The molecule has 0 aliphatic rings. The summed E-state index contributed by atoms with van der Waals surface area (Å²) < 4.78 is 5.34. The van der Waals surface area contributed by atoms with Gasteiger partial charge in [0.15, 0.2) is 0 Å². The molecule has 0 aromatic heterocycles. The molecule has 1 aromatic rings. The Hall–Kier alpha value is -1.55. The Kier molecular flexibility index (Phi) is 7.56. The summed E-state index contributed by atoms with van der Waals surface area (Å²) in [5.74, 6) is 0.585. The van der Waals surface area contributed by atoms with E-state index in [1.807, 2.05) is 25.9 Å². The Morgan fingerprint density at radius 1 is 1.09 bits per heavy atom. The van der Waals surface area contributed by atoms with Crippen molar-refractivity contribution in [2.24, 2.45) is 0 Å².